The highest BCUT2D eigenvalue weighted by Crippen LogP contribution is 2.20. The number of hydrogen-bond acceptors (Lipinski definition) is 4. The Kier molecular flexibility index (Phi) is 5.59. The third-order valence-corrected chi connectivity index (χ3v) is 3.97. The molecule has 0 aromatic heterocycles. The van der Waals surface area contributed by atoms with Crippen LogP contribution in [0.4, 0.5) is 5.69 Å². The SMILES string of the molecule is COc1cccc(NC(=O)CN2CCCCC2C(C)N)c1. The summed E-state index contributed by atoms with van der Waals surface area (Å²) in [5.41, 5.74) is 6.79. The van der Waals surface area contributed by atoms with E-state index in [-0.39, 0.29) is 11.9 Å². The van der Waals surface area contributed by atoms with Gasteiger partial charge in [0.1, 0.15) is 5.75 Å². The zero-order valence-corrected chi connectivity index (χ0v) is 12.8. The lowest BCUT2D eigenvalue weighted by molar-refractivity contribution is -0.118. The van der Waals surface area contributed by atoms with E-state index in [2.05, 4.69) is 10.2 Å². The summed E-state index contributed by atoms with van der Waals surface area (Å²) in [6, 6.07) is 7.79. The minimum Gasteiger partial charge on any atom is -0.497 e. The van der Waals surface area contributed by atoms with E-state index in [0.29, 0.717) is 12.6 Å². The van der Waals surface area contributed by atoms with Crippen molar-refractivity contribution in [3.05, 3.63) is 24.3 Å². The Morgan fingerprint density at radius 3 is 3.05 bits per heavy atom. The van der Waals surface area contributed by atoms with Gasteiger partial charge >= 0.3 is 0 Å². The van der Waals surface area contributed by atoms with Gasteiger partial charge in [-0.05, 0) is 38.4 Å². The third kappa shape index (κ3) is 4.44. The smallest absolute Gasteiger partial charge is 0.238 e. The first-order valence-corrected chi connectivity index (χ1v) is 7.53. The molecule has 5 heteroatoms. The number of carbonyl (C=O) groups excluding carboxylic acids is 1. The van der Waals surface area contributed by atoms with Crippen molar-refractivity contribution in [2.45, 2.75) is 38.3 Å². The average Bonchev–Trinajstić information content (AvgIpc) is 2.47. The Labute approximate surface area is 126 Å². The van der Waals surface area contributed by atoms with Gasteiger partial charge in [-0.2, -0.15) is 0 Å². The molecular weight excluding hydrogens is 266 g/mol. The summed E-state index contributed by atoms with van der Waals surface area (Å²) in [6.45, 7) is 3.35. The van der Waals surface area contributed by atoms with Crippen molar-refractivity contribution >= 4 is 11.6 Å². The number of likely N-dealkylation sites (tertiary alicyclic amines) is 1. The van der Waals surface area contributed by atoms with Crippen molar-refractivity contribution in [3.8, 4) is 5.75 Å². The second-order valence-corrected chi connectivity index (χ2v) is 5.67. The van der Waals surface area contributed by atoms with E-state index in [1.807, 2.05) is 31.2 Å². The Balaban J connectivity index is 1.93. The molecule has 2 atom stereocenters. The molecular formula is C16H25N3O2. The van der Waals surface area contributed by atoms with Crippen LogP contribution in [0.1, 0.15) is 26.2 Å². The van der Waals surface area contributed by atoms with Gasteiger partial charge in [0.05, 0.1) is 13.7 Å². The van der Waals surface area contributed by atoms with E-state index in [4.69, 9.17) is 10.5 Å². The van der Waals surface area contributed by atoms with Crippen molar-refractivity contribution in [2.75, 3.05) is 25.5 Å². The second kappa shape index (κ2) is 7.43. The highest BCUT2D eigenvalue weighted by Gasteiger charge is 2.26. The predicted molar refractivity (Wildman–Crippen MR) is 84.5 cm³/mol. The number of benzene rings is 1. The molecule has 0 bridgehead atoms. The largest absolute Gasteiger partial charge is 0.497 e. The topological polar surface area (TPSA) is 67.6 Å². The number of piperidine rings is 1. The summed E-state index contributed by atoms with van der Waals surface area (Å²) in [5, 5.41) is 2.92. The molecule has 0 radical (unpaired) electrons. The normalized spacial score (nSPS) is 20.8. The number of nitrogens with two attached hydrogens (primary N) is 1. The molecule has 0 aliphatic carbocycles. The van der Waals surface area contributed by atoms with Crippen molar-refractivity contribution in [3.63, 3.8) is 0 Å². The number of methoxy groups -OCH3 is 1. The molecule has 5 nitrogen and oxygen atoms in total. The number of nitrogens with one attached hydrogen (secondary N) is 1. The fraction of sp³-hybridized carbons (Fsp3) is 0.562. The van der Waals surface area contributed by atoms with Crippen LogP contribution in [0.2, 0.25) is 0 Å². The van der Waals surface area contributed by atoms with Gasteiger partial charge in [0.15, 0.2) is 0 Å². The zero-order valence-electron chi connectivity index (χ0n) is 12.8. The molecule has 2 unspecified atom stereocenters. The van der Waals surface area contributed by atoms with Crippen LogP contribution in [-0.2, 0) is 4.79 Å². The molecule has 116 valence electrons. The molecule has 2 rings (SSSR count). The Hall–Kier alpha value is -1.59. The first-order chi connectivity index (χ1) is 10.1. The number of amides is 1. The van der Waals surface area contributed by atoms with E-state index in [0.717, 1.165) is 30.8 Å². The number of hydrogen-bond donors (Lipinski definition) is 2. The molecule has 1 aliphatic heterocycles. The molecule has 21 heavy (non-hydrogen) atoms. The zero-order chi connectivity index (χ0) is 15.2. The highest BCUT2D eigenvalue weighted by molar-refractivity contribution is 5.92. The summed E-state index contributed by atoms with van der Waals surface area (Å²) in [4.78, 5) is 14.4. The van der Waals surface area contributed by atoms with Crippen LogP contribution in [0.25, 0.3) is 0 Å². The molecule has 1 heterocycles. The summed E-state index contributed by atoms with van der Waals surface area (Å²) < 4.78 is 5.16. The number of rotatable bonds is 5. The van der Waals surface area contributed by atoms with Gasteiger partial charge in [0.2, 0.25) is 5.91 Å². The van der Waals surface area contributed by atoms with Gasteiger partial charge in [0, 0.05) is 23.8 Å². The molecule has 0 saturated carbocycles. The fourth-order valence-corrected chi connectivity index (χ4v) is 2.89. The van der Waals surface area contributed by atoms with Crippen molar-refractivity contribution < 1.29 is 9.53 Å². The van der Waals surface area contributed by atoms with E-state index in [9.17, 15) is 4.79 Å². The maximum atomic E-state index is 12.2. The van der Waals surface area contributed by atoms with Gasteiger partial charge in [-0.3, -0.25) is 9.69 Å². The average molecular weight is 291 g/mol. The molecule has 0 spiro atoms. The van der Waals surface area contributed by atoms with Gasteiger partial charge in [0.25, 0.3) is 0 Å². The highest BCUT2D eigenvalue weighted by atomic mass is 16.5. The maximum Gasteiger partial charge on any atom is 0.238 e. The van der Waals surface area contributed by atoms with E-state index in [1.165, 1.54) is 6.42 Å². The van der Waals surface area contributed by atoms with Crippen molar-refractivity contribution in [1.29, 1.82) is 0 Å². The van der Waals surface area contributed by atoms with Crippen LogP contribution in [0.3, 0.4) is 0 Å². The molecule has 1 aliphatic rings. The van der Waals surface area contributed by atoms with Crippen LogP contribution in [-0.4, -0.2) is 43.1 Å². The lowest BCUT2D eigenvalue weighted by Crippen LogP contribution is -2.51. The Bertz CT molecular complexity index is 476. The number of ether oxygens (including phenoxy) is 1. The molecule has 3 N–H and O–H groups in total. The molecule has 1 fully saturated rings. The number of carbonyl (C=O) groups is 1. The molecule has 1 aromatic carbocycles. The van der Waals surface area contributed by atoms with Crippen LogP contribution in [0.15, 0.2) is 24.3 Å². The predicted octanol–water partition coefficient (Wildman–Crippen LogP) is 1.84. The molecule has 1 amide bonds. The summed E-state index contributed by atoms with van der Waals surface area (Å²) >= 11 is 0. The van der Waals surface area contributed by atoms with Crippen LogP contribution in [0.5, 0.6) is 5.75 Å². The third-order valence-electron chi connectivity index (χ3n) is 3.97. The van der Waals surface area contributed by atoms with Gasteiger partial charge < -0.3 is 15.8 Å². The minimum absolute atomic E-state index is 0.00389. The van der Waals surface area contributed by atoms with Gasteiger partial charge in [-0.15, -0.1) is 0 Å². The summed E-state index contributed by atoms with van der Waals surface area (Å²) in [5.74, 6) is 0.732. The quantitative estimate of drug-likeness (QED) is 0.868. The van der Waals surface area contributed by atoms with Gasteiger partial charge in [-0.1, -0.05) is 12.5 Å². The molecule has 1 saturated heterocycles. The van der Waals surface area contributed by atoms with E-state index >= 15 is 0 Å². The van der Waals surface area contributed by atoms with Crippen LogP contribution < -0.4 is 15.8 Å². The first-order valence-electron chi connectivity index (χ1n) is 7.53. The fourth-order valence-electron chi connectivity index (χ4n) is 2.89. The summed E-state index contributed by atoms with van der Waals surface area (Å²) in [6.07, 6.45) is 3.40. The Morgan fingerprint density at radius 2 is 2.33 bits per heavy atom. The number of anilines is 1. The first kappa shape index (κ1) is 15.8. The summed E-state index contributed by atoms with van der Waals surface area (Å²) in [7, 11) is 1.61. The monoisotopic (exact) mass is 291 g/mol. The van der Waals surface area contributed by atoms with Crippen molar-refractivity contribution in [2.24, 2.45) is 5.73 Å². The van der Waals surface area contributed by atoms with Crippen LogP contribution in [0, 0.1) is 0 Å². The van der Waals surface area contributed by atoms with Gasteiger partial charge in [-0.25, -0.2) is 0 Å². The Morgan fingerprint density at radius 1 is 1.52 bits per heavy atom. The van der Waals surface area contributed by atoms with Crippen LogP contribution >= 0.6 is 0 Å². The minimum atomic E-state index is -0.00389. The van der Waals surface area contributed by atoms with E-state index < -0.39 is 0 Å². The number of nitrogens with zero attached hydrogens (tertiary/aromatic N) is 1. The van der Waals surface area contributed by atoms with E-state index in [1.54, 1.807) is 7.11 Å². The standard InChI is InChI=1S/C16H25N3O2/c1-12(17)15-8-3-4-9-19(15)11-16(20)18-13-6-5-7-14(10-13)21-2/h5-7,10,12,15H,3-4,8-9,11,17H2,1-2H3,(H,18,20). The lowest BCUT2D eigenvalue weighted by Gasteiger charge is -2.37. The lowest BCUT2D eigenvalue weighted by atomic mass is 9.97. The molecule has 1 aromatic rings. The maximum absolute atomic E-state index is 12.2. The van der Waals surface area contributed by atoms with Crippen molar-refractivity contribution in [1.82, 2.24) is 4.90 Å². The second-order valence-electron chi connectivity index (χ2n) is 5.67.